The molecule has 0 aliphatic carbocycles. The van der Waals surface area contributed by atoms with Crippen molar-refractivity contribution >= 4 is 15.9 Å². The first kappa shape index (κ1) is 10.7. The van der Waals surface area contributed by atoms with Crippen LogP contribution < -0.4 is 0 Å². The molecule has 2 heteroatoms. The van der Waals surface area contributed by atoms with Gasteiger partial charge in [-0.15, -0.1) is 0 Å². The van der Waals surface area contributed by atoms with Gasteiger partial charge >= 0.3 is 0 Å². The van der Waals surface area contributed by atoms with Crippen LogP contribution in [-0.4, -0.2) is 11.7 Å². The molecule has 0 saturated heterocycles. The largest absolute Gasteiger partial charge is 0.395 e. The SMILES string of the molecule is CCc1ccc(Br)cc1[C](C)CO. The van der Waals surface area contributed by atoms with Gasteiger partial charge in [0.15, 0.2) is 0 Å². The molecule has 0 fully saturated rings. The summed E-state index contributed by atoms with van der Waals surface area (Å²) in [5, 5.41) is 9.05. The van der Waals surface area contributed by atoms with Gasteiger partial charge in [0, 0.05) is 10.4 Å². The topological polar surface area (TPSA) is 20.2 Å². The molecule has 0 atom stereocenters. The third kappa shape index (κ3) is 2.55. The Morgan fingerprint density at radius 2 is 2.15 bits per heavy atom. The maximum Gasteiger partial charge on any atom is 0.0534 e. The highest BCUT2D eigenvalue weighted by molar-refractivity contribution is 9.10. The van der Waals surface area contributed by atoms with Crippen molar-refractivity contribution in [2.45, 2.75) is 20.3 Å². The molecular formula is C11H14BrO. The fraction of sp³-hybridized carbons (Fsp3) is 0.364. The quantitative estimate of drug-likeness (QED) is 0.863. The first-order chi connectivity index (χ1) is 6.19. The fourth-order valence-electron chi connectivity index (χ4n) is 1.34. The highest BCUT2D eigenvalue weighted by atomic mass is 79.9. The van der Waals surface area contributed by atoms with E-state index in [1.807, 2.05) is 13.0 Å². The molecule has 0 unspecified atom stereocenters. The van der Waals surface area contributed by atoms with Crippen LogP contribution in [0.1, 0.15) is 25.0 Å². The van der Waals surface area contributed by atoms with E-state index in [2.05, 4.69) is 35.0 Å². The summed E-state index contributed by atoms with van der Waals surface area (Å²) in [6.07, 6.45) is 1.000. The number of hydrogen-bond donors (Lipinski definition) is 1. The Labute approximate surface area is 87.9 Å². The van der Waals surface area contributed by atoms with E-state index in [9.17, 15) is 0 Å². The third-order valence-electron chi connectivity index (χ3n) is 2.15. The first-order valence-corrected chi connectivity index (χ1v) is 5.20. The minimum absolute atomic E-state index is 0.128. The van der Waals surface area contributed by atoms with Gasteiger partial charge < -0.3 is 5.11 Å². The zero-order valence-corrected chi connectivity index (χ0v) is 9.56. The van der Waals surface area contributed by atoms with Crippen molar-refractivity contribution in [2.75, 3.05) is 6.61 Å². The lowest BCUT2D eigenvalue weighted by molar-refractivity contribution is 0.314. The second-order valence-electron chi connectivity index (χ2n) is 3.09. The van der Waals surface area contributed by atoms with Crippen LogP contribution in [0.5, 0.6) is 0 Å². The second-order valence-corrected chi connectivity index (χ2v) is 4.01. The van der Waals surface area contributed by atoms with E-state index < -0.39 is 0 Å². The summed E-state index contributed by atoms with van der Waals surface area (Å²) >= 11 is 3.43. The molecule has 1 aromatic carbocycles. The number of halogens is 1. The van der Waals surface area contributed by atoms with Crippen molar-refractivity contribution in [2.24, 2.45) is 0 Å². The number of aliphatic hydroxyl groups excluding tert-OH is 1. The molecule has 71 valence electrons. The van der Waals surface area contributed by atoms with E-state index >= 15 is 0 Å². The van der Waals surface area contributed by atoms with Gasteiger partial charge in [0.05, 0.1) is 6.61 Å². The van der Waals surface area contributed by atoms with Crippen LogP contribution in [0.3, 0.4) is 0 Å². The van der Waals surface area contributed by atoms with Crippen LogP contribution in [-0.2, 0) is 6.42 Å². The Bertz CT molecular complexity index is 283. The zero-order valence-electron chi connectivity index (χ0n) is 7.97. The van der Waals surface area contributed by atoms with Crippen LogP contribution in [0, 0.1) is 5.92 Å². The summed E-state index contributed by atoms with van der Waals surface area (Å²) in [5.74, 6) is 1.03. The lowest BCUT2D eigenvalue weighted by Crippen LogP contribution is -2.03. The summed E-state index contributed by atoms with van der Waals surface area (Å²) in [6.45, 7) is 4.21. The van der Waals surface area contributed by atoms with E-state index in [0.29, 0.717) is 0 Å². The lowest BCUT2D eigenvalue weighted by Gasteiger charge is -2.12. The predicted molar refractivity (Wildman–Crippen MR) is 58.6 cm³/mol. The summed E-state index contributed by atoms with van der Waals surface area (Å²) in [7, 11) is 0. The zero-order chi connectivity index (χ0) is 9.84. The predicted octanol–water partition coefficient (Wildman–Crippen LogP) is 2.95. The standard InChI is InChI=1S/C11H14BrO/c1-3-9-4-5-10(12)6-11(9)8(2)7-13/h4-6,13H,3,7H2,1-2H3. The number of aliphatic hydroxyl groups is 1. The molecule has 0 saturated carbocycles. The summed E-state index contributed by atoms with van der Waals surface area (Å²) < 4.78 is 1.06. The molecule has 1 rings (SSSR count). The number of hydrogen-bond acceptors (Lipinski definition) is 1. The summed E-state index contributed by atoms with van der Waals surface area (Å²) in [4.78, 5) is 0. The van der Waals surface area contributed by atoms with Crippen LogP contribution in [0.15, 0.2) is 22.7 Å². The van der Waals surface area contributed by atoms with E-state index in [4.69, 9.17) is 5.11 Å². The Kier molecular flexibility index (Phi) is 3.94. The van der Waals surface area contributed by atoms with Crippen LogP contribution in [0.25, 0.3) is 0 Å². The number of benzene rings is 1. The Morgan fingerprint density at radius 1 is 1.46 bits per heavy atom. The minimum atomic E-state index is 0.128. The van der Waals surface area contributed by atoms with Gasteiger partial charge in [-0.05, 0) is 29.7 Å². The normalized spacial score (nSPS) is 10.8. The highest BCUT2D eigenvalue weighted by Crippen LogP contribution is 2.23. The molecule has 0 aliphatic rings. The molecule has 1 aromatic rings. The van der Waals surface area contributed by atoms with Crippen LogP contribution in [0.4, 0.5) is 0 Å². The molecule has 1 nitrogen and oxygen atoms in total. The smallest absolute Gasteiger partial charge is 0.0534 e. The van der Waals surface area contributed by atoms with Crippen molar-refractivity contribution in [3.8, 4) is 0 Å². The third-order valence-corrected chi connectivity index (χ3v) is 2.64. The van der Waals surface area contributed by atoms with Gasteiger partial charge in [-0.1, -0.05) is 35.8 Å². The molecule has 0 heterocycles. The average Bonchev–Trinajstić information content (AvgIpc) is 2.16. The summed E-state index contributed by atoms with van der Waals surface area (Å²) in [6, 6.07) is 6.19. The van der Waals surface area contributed by atoms with Crippen LogP contribution in [0.2, 0.25) is 0 Å². The molecule has 0 aliphatic heterocycles. The van der Waals surface area contributed by atoms with Gasteiger partial charge in [-0.2, -0.15) is 0 Å². The molecule has 13 heavy (non-hydrogen) atoms. The first-order valence-electron chi connectivity index (χ1n) is 4.41. The second kappa shape index (κ2) is 4.77. The number of rotatable bonds is 3. The van der Waals surface area contributed by atoms with Crippen LogP contribution >= 0.6 is 15.9 Å². The van der Waals surface area contributed by atoms with E-state index in [-0.39, 0.29) is 6.61 Å². The Hall–Kier alpha value is -0.340. The molecular weight excluding hydrogens is 228 g/mol. The fourth-order valence-corrected chi connectivity index (χ4v) is 1.70. The van der Waals surface area contributed by atoms with E-state index in [1.54, 1.807) is 0 Å². The summed E-state index contributed by atoms with van der Waals surface area (Å²) in [5.41, 5.74) is 2.45. The van der Waals surface area contributed by atoms with Gasteiger partial charge in [0.25, 0.3) is 0 Å². The van der Waals surface area contributed by atoms with Gasteiger partial charge in [0.2, 0.25) is 0 Å². The number of aryl methyl sites for hydroxylation is 1. The van der Waals surface area contributed by atoms with Gasteiger partial charge in [0.1, 0.15) is 0 Å². The molecule has 0 bridgehead atoms. The van der Waals surface area contributed by atoms with E-state index in [1.165, 1.54) is 11.1 Å². The molecule has 1 radical (unpaired) electrons. The highest BCUT2D eigenvalue weighted by Gasteiger charge is 2.09. The molecule has 1 N–H and O–H groups in total. The van der Waals surface area contributed by atoms with Crippen molar-refractivity contribution in [3.63, 3.8) is 0 Å². The molecule has 0 spiro atoms. The maximum absolute atomic E-state index is 9.05. The maximum atomic E-state index is 9.05. The molecule has 0 aromatic heterocycles. The Morgan fingerprint density at radius 3 is 2.69 bits per heavy atom. The molecule has 0 amide bonds. The van der Waals surface area contributed by atoms with Crippen molar-refractivity contribution in [1.29, 1.82) is 0 Å². The Balaban J connectivity index is 3.07. The average molecular weight is 242 g/mol. The van der Waals surface area contributed by atoms with Gasteiger partial charge in [-0.3, -0.25) is 0 Å². The van der Waals surface area contributed by atoms with Crippen molar-refractivity contribution in [1.82, 2.24) is 0 Å². The minimum Gasteiger partial charge on any atom is -0.395 e. The van der Waals surface area contributed by atoms with Crippen molar-refractivity contribution < 1.29 is 5.11 Å². The van der Waals surface area contributed by atoms with Crippen molar-refractivity contribution in [3.05, 3.63) is 39.7 Å². The monoisotopic (exact) mass is 241 g/mol. The van der Waals surface area contributed by atoms with E-state index in [0.717, 1.165) is 16.8 Å². The van der Waals surface area contributed by atoms with Gasteiger partial charge in [-0.25, -0.2) is 0 Å². The lowest BCUT2D eigenvalue weighted by atomic mass is 9.95.